The van der Waals surface area contributed by atoms with Crippen LogP contribution in [0.5, 0.6) is 5.75 Å². The minimum absolute atomic E-state index is 0.176. The topological polar surface area (TPSA) is 41.5 Å². The Morgan fingerprint density at radius 2 is 2.05 bits per heavy atom. The number of hydrogen-bond acceptors (Lipinski definition) is 4. The van der Waals surface area contributed by atoms with Gasteiger partial charge in [0.05, 0.1) is 0 Å². The van der Waals surface area contributed by atoms with E-state index in [2.05, 4.69) is 18.3 Å². The number of aliphatic hydroxyl groups is 1. The van der Waals surface area contributed by atoms with Crippen LogP contribution >= 0.6 is 11.3 Å². The summed E-state index contributed by atoms with van der Waals surface area (Å²) < 4.78 is 18.1. The number of aliphatic hydroxyl groups excluding tert-OH is 1. The van der Waals surface area contributed by atoms with Crippen LogP contribution in [0.2, 0.25) is 0 Å². The van der Waals surface area contributed by atoms with Gasteiger partial charge in [-0.2, -0.15) is 0 Å². The molecule has 0 aliphatic rings. The largest absolute Gasteiger partial charge is 0.491 e. The SMILES string of the molecule is C[C@H](NCC(O)COc1ccc(F)cc1)c1cccs1. The first kappa shape index (κ1) is 15.0. The maximum atomic E-state index is 12.7. The lowest BCUT2D eigenvalue weighted by Crippen LogP contribution is -2.32. The van der Waals surface area contributed by atoms with Gasteiger partial charge in [-0.3, -0.25) is 0 Å². The molecule has 3 nitrogen and oxygen atoms in total. The maximum Gasteiger partial charge on any atom is 0.123 e. The van der Waals surface area contributed by atoms with E-state index in [1.54, 1.807) is 23.5 Å². The Balaban J connectivity index is 1.70. The van der Waals surface area contributed by atoms with E-state index in [9.17, 15) is 9.50 Å². The van der Waals surface area contributed by atoms with E-state index >= 15 is 0 Å². The third-order valence-corrected chi connectivity index (χ3v) is 3.94. The van der Waals surface area contributed by atoms with E-state index < -0.39 is 6.10 Å². The predicted octanol–water partition coefficient (Wildman–Crippen LogP) is 2.98. The van der Waals surface area contributed by atoms with Crippen LogP contribution < -0.4 is 10.1 Å². The Labute approximate surface area is 122 Å². The standard InChI is InChI=1S/C15H18FNO2S/c1-11(15-3-2-8-20-15)17-9-13(18)10-19-14-6-4-12(16)5-7-14/h2-8,11,13,17-18H,9-10H2,1H3/t11-,13?/m0/s1. The highest BCUT2D eigenvalue weighted by molar-refractivity contribution is 7.10. The van der Waals surface area contributed by atoms with E-state index in [4.69, 9.17) is 4.74 Å². The predicted molar refractivity (Wildman–Crippen MR) is 78.6 cm³/mol. The van der Waals surface area contributed by atoms with Crippen LogP contribution in [-0.2, 0) is 0 Å². The molecule has 0 amide bonds. The van der Waals surface area contributed by atoms with E-state index in [0.29, 0.717) is 12.3 Å². The van der Waals surface area contributed by atoms with Crippen molar-refractivity contribution < 1.29 is 14.2 Å². The van der Waals surface area contributed by atoms with Crippen molar-refractivity contribution in [2.75, 3.05) is 13.2 Å². The fourth-order valence-corrected chi connectivity index (χ4v) is 2.49. The normalized spacial score (nSPS) is 13.9. The van der Waals surface area contributed by atoms with Gasteiger partial charge in [-0.15, -0.1) is 11.3 Å². The fourth-order valence-electron chi connectivity index (χ4n) is 1.73. The highest BCUT2D eigenvalue weighted by Crippen LogP contribution is 2.18. The zero-order chi connectivity index (χ0) is 14.4. The molecular formula is C15H18FNO2S. The zero-order valence-electron chi connectivity index (χ0n) is 11.3. The minimum atomic E-state index is -0.609. The van der Waals surface area contributed by atoms with Crippen LogP contribution in [-0.4, -0.2) is 24.4 Å². The van der Waals surface area contributed by atoms with Crippen LogP contribution in [0.4, 0.5) is 4.39 Å². The van der Waals surface area contributed by atoms with Crippen molar-refractivity contribution in [2.45, 2.75) is 19.1 Å². The number of halogens is 1. The second kappa shape index (κ2) is 7.38. The lowest BCUT2D eigenvalue weighted by Gasteiger charge is -2.16. The number of nitrogens with one attached hydrogen (secondary N) is 1. The molecule has 2 rings (SSSR count). The first-order chi connectivity index (χ1) is 9.65. The first-order valence-corrected chi connectivity index (χ1v) is 7.36. The Hall–Kier alpha value is -1.43. The van der Waals surface area contributed by atoms with Gasteiger partial charge in [0.2, 0.25) is 0 Å². The maximum absolute atomic E-state index is 12.7. The third-order valence-electron chi connectivity index (χ3n) is 2.89. The molecule has 5 heteroatoms. The van der Waals surface area contributed by atoms with Gasteiger partial charge in [-0.1, -0.05) is 6.07 Å². The van der Waals surface area contributed by atoms with Crippen molar-refractivity contribution >= 4 is 11.3 Å². The summed E-state index contributed by atoms with van der Waals surface area (Å²) >= 11 is 1.68. The van der Waals surface area contributed by atoms with Gasteiger partial charge in [-0.05, 0) is 42.6 Å². The number of hydrogen-bond donors (Lipinski definition) is 2. The average Bonchev–Trinajstić information content (AvgIpc) is 2.98. The molecule has 1 aromatic heterocycles. The van der Waals surface area contributed by atoms with Gasteiger partial charge in [0.25, 0.3) is 0 Å². The van der Waals surface area contributed by atoms with Crippen molar-refractivity contribution in [1.82, 2.24) is 5.32 Å². The van der Waals surface area contributed by atoms with E-state index in [1.165, 1.54) is 17.0 Å². The molecule has 108 valence electrons. The van der Waals surface area contributed by atoms with Crippen molar-refractivity contribution in [3.63, 3.8) is 0 Å². The van der Waals surface area contributed by atoms with Gasteiger partial charge in [0.15, 0.2) is 0 Å². The van der Waals surface area contributed by atoms with Gasteiger partial charge in [0, 0.05) is 17.5 Å². The summed E-state index contributed by atoms with van der Waals surface area (Å²) in [6.07, 6.45) is -0.609. The highest BCUT2D eigenvalue weighted by atomic mass is 32.1. The molecule has 0 bridgehead atoms. The van der Waals surface area contributed by atoms with Gasteiger partial charge in [0.1, 0.15) is 24.3 Å². The second-order valence-electron chi connectivity index (χ2n) is 4.56. The Kier molecular flexibility index (Phi) is 5.52. The van der Waals surface area contributed by atoms with Crippen LogP contribution in [0.1, 0.15) is 17.8 Å². The molecule has 20 heavy (non-hydrogen) atoms. The molecule has 2 aromatic rings. The molecule has 0 aliphatic heterocycles. The summed E-state index contributed by atoms with van der Waals surface area (Å²) in [7, 11) is 0. The smallest absolute Gasteiger partial charge is 0.123 e. The fraction of sp³-hybridized carbons (Fsp3) is 0.333. The van der Waals surface area contributed by atoms with Crippen molar-refractivity contribution in [3.8, 4) is 5.75 Å². The summed E-state index contributed by atoms with van der Waals surface area (Å²) in [5, 5.41) is 15.1. The highest BCUT2D eigenvalue weighted by Gasteiger charge is 2.10. The molecular weight excluding hydrogens is 277 g/mol. The first-order valence-electron chi connectivity index (χ1n) is 6.48. The quantitative estimate of drug-likeness (QED) is 0.825. The third kappa shape index (κ3) is 4.59. The molecule has 0 saturated heterocycles. The second-order valence-corrected chi connectivity index (χ2v) is 5.54. The number of thiophene rings is 1. The number of ether oxygens (including phenoxy) is 1. The summed E-state index contributed by atoms with van der Waals surface area (Å²) in [5.41, 5.74) is 0. The molecule has 1 aromatic carbocycles. The van der Waals surface area contributed by atoms with Crippen LogP contribution in [0, 0.1) is 5.82 Å². The molecule has 0 saturated carbocycles. The molecule has 0 radical (unpaired) electrons. The molecule has 2 N–H and O–H groups in total. The molecule has 0 fully saturated rings. The number of benzene rings is 1. The lowest BCUT2D eigenvalue weighted by molar-refractivity contribution is 0.104. The summed E-state index contributed by atoms with van der Waals surface area (Å²) in [5.74, 6) is 0.251. The Morgan fingerprint density at radius 3 is 2.70 bits per heavy atom. The molecule has 1 heterocycles. The molecule has 0 spiro atoms. The molecule has 0 aliphatic carbocycles. The van der Waals surface area contributed by atoms with E-state index in [-0.39, 0.29) is 18.5 Å². The van der Waals surface area contributed by atoms with Gasteiger partial charge in [-0.25, -0.2) is 4.39 Å². The number of rotatable bonds is 7. The average molecular weight is 295 g/mol. The van der Waals surface area contributed by atoms with Crippen molar-refractivity contribution in [3.05, 3.63) is 52.5 Å². The summed E-state index contributed by atoms with van der Waals surface area (Å²) in [6, 6.07) is 10.0. The lowest BCUT2D eigenvalue weighted by atomic mass is 10.2. The molecule has 1 unspecified atom stereocenters. The molecule has 2 atom stereocenters. The van der Waals surface area contributed by atoms with Gasteiger partial charge >= 0.3 is 0 Å². The van der Waals surface area contributed by atoms with Crippen LogP contribution in [0.25, 0.3) is 0 Å². The van der Waals surface area contributed by atoms with Crippen molar-refractivity contribution in [1.29, 1.82) is 0 Å². The van der Waals surface area contributed by atoms with E-state index in [1.807, 2.05) is 11.4 Å². The van der Waals surface area contributed by atoms with Gasteiger partial charge < -0.3 is 15.2 Å². The summed E-state index contributed by atoms with van der Waals surface area (Å²) in [4.78, 5) is 1.23. The van der Waals surface area contributed by atoms with Crippen molar-refractivity contribution in [2.24, 2.45) is 0 Å². The monoisotopic (exact) mass is 295 g/mol. The Bertz CT molecular complexity index is 501. The van der Waals surface area contributed by atoms with E-state index in [0.717, 1.165) is 0 Å². The Morgan fingerprint density at radius 1 is 1.30 bits per heavy atom. The summed E-state index contributed by atoms with van der Waals surface area (Å²) in [6.45, 7) is 2.68. The zero-order valence-corrected chi connectivity index (χ0v) is 12.1. The van der Waals surface area contributed by atoms with Crippen LogP contribution in [0.15, 0.2) is 41.8 Å². The van der Waals surface area contributed by atoms with Crippen LogP contribution in [0.3, 0.4) is 0 Å². The minimum Gasteiger partial charge on any atom is -0.491 e.